The van der Waals surface area contributed by atoms with Crippen molar-refractivity contribution < 1.29 is 9.21 Å². The molecule has 6 nitrogen and oxygen atoms in total. The lowest BCUT2D eigenvalue weighted by Gasteiger charge is -2.35. The Hall–Kier alpha value is -2.84. The Bertz CT molecular complexity index is 1170. The molecule has 8 heteroatoms. The van der Waals surface area contributed by atoms with E-state index in [0.29, 0.717) is 22.5 Å². The fourth-order valence-corrected chi connectivity index (χ4v) is 5.85. The molecule has 1 unspecified atom stereocenters. The molecule has 158 valence electrons. The average molecular weight is 451 g/mol. The smallest absolute Gasteiger partial charge is 0.233 e. The number of hydrogen-bond acceptors (Lipinski definition) is 6. The number of amides is 1. The van der Waals surface area contributed by atoms with E-state index in [1.807, 2.05) is 51.9 Å². The maximum absolute atomic E-state index is 13.2. The molecule has 0 spiro atoms. The van der Waals surface area contributed by atoms with E-state index in [1.54, 1.807) is 17.6 Å². The number of carbonyl (C=O) groups excluding carboxylic acids is 1. The van der Waals surface area contributed by atoms with Crippen LogP contribution < -0.4 is 0 Å². The van der Waals surface area contributed by atoms with Crippen molar-refractivity contribution in [2.24, 2.45) is 0 Å². The Morgan fingerprint density at radius 2 is 2.06 bits per heavy atom. The first-order valence-electron chi connectivity index (χ1n) is 10.3. The lowest BCUT2D eigenvalue weighted by molar-refractivity contribution is -0.131. The fraction of sp³-hybridized carbons (Fsp3) is 0.261. The Kier molecular flexibility index (Phi) is 5.65. The number of thioether (sulfide) groups is 1. The Morgan fingerprint density at radius 1 is 1.19 bits per heavy atom. The highest BCUT2D eigenvalue weighted by Crippen LogP contribution is 2.36. The summed E-state index contributed by atoms with van der Waals surface area (Å²) in [6.07, 6.45) is 3.47. The van der Waals surface area contributed by atoms with Crippen LogP contribution in [0.1, 0.15) is 29.8 Å². The summed E-state index contributed by atoms with van der Waals surface area (Å²) in [5, 5.41) is 11.5. The number of rotatable bonds is 6. The first-order valence-corrected chi connectivity index (χ1v) is 12.2. The standard InChI is InChI=1S/C23H22N4O2S2/c1-2-18-17-11-14-30-20(17)10-12-26(18)21(28)15-31-23-25-24-22(19-9-6-13-29-19)27(23)16-7-4-3-5-8-16/h3-9,11,13-14,18H,2,10,12,15H2,1H3. The van der Waals surface area contributed by atoms with E-state index in [-0.39, 0.29) is 11.9 Å². The second kappa shape index (κ2) is 8.72. The van der Waals surface area contributed by atoms with Gasteiger partial charge >= 0.3 is 0 Å². The van der Waals surface area contributed by atoms with Gasteiger partial charge < -0.3 is 9.32 Å². The minimum absolute atomic E-state index is 0.135. The van der Waals surface area contributed by atoms with Gasteiger partial charge in [-0.15, -0.1) is 21.5 Å². The highest BCUT2D eigenvalue weighted by Gasteiger charge is 2.30. The number of hydrogen-bond donors (Lipinski definition) is 0. The fourth-order valence-electron chi connectivity index (χ4n) is 4.08. The van der Waals surface area contributed by atoms with Crippen LogP contribution >= 0.6 is 23.1 Å². The molecular formula is C23H22N4O2S2. The monoisotopic (exact) mass is 450 g/mol. The van der Waals surface area contributed by atoms with Crippen molar-refractivity contribution in [1.29, 1.82) is 0 Å². The van der Waals surface area contributed by atoms with Crippen LogP contribution in [0, 0.1) is 0 Å². The summed E-state index contributed by atoms with van der Waals surface area (Å²) < 4.78 is 7.51. The van der Waals surface area contributed by atoms with Gasteiger partial charge in [0.15, 0.2) is 10.9 Å². The normalized spacial score (nSPS) is 15.8. The van der Waals surface area contributed by atoms with Gasteiger partial charge in [-0.25, -0.2) is 0 Å². The quantitative estimate of drug-likeness (QED) is 0.377. The van der Waals surface area contributed by atoms with Crippen LogP contribution in [0.5, 0.6) is 0 Å². The Labute approximate surface area is 188 Å². The van der Waals surface area contributed by atoms with Crippen molar-refractivity contribution in [1.82, 2.24) is 19.7 Å². The molecule has 4 aromatic rings. The molecule has 31 heavy (non-hydrogen) atoms. The van der Waals surface area contributed by atoms with Crippen LogP contribution in [0.25, 0.3) is 17.3 Å². The van der Waals surface area contributed by atoms with E-state index in [1.165, 1.54) is 22.2 Å². The number of thiophene rings is 1. The zero-order valence-corrected chi connectivity index (χ0v) is 18.7. The Balaban J connectivity index is 1.39. The summed E-state index contributed by atoms with van der Waals surface area (Å²) in [5.74, 6) is 1.72. The van der Waals surface area contributed by atoms with Crippen LogP contribution in [0.15, 0.2) is 69.7 Å². The van der Waals surface area contributed by atoms with Crippen LogP contribution in [0.2, 0.25) is 0 Å². The first kappa shape index (κ1) is 20.1. The summed E-state index contributed by atoms with van der Waals surface area (Å²) in [6.45, 7) is 2.92. The van der Waals surface area contributed by atoms with E-state index in [2.05, 4.69) is 28.6 Å². The lowest BCUT2D eigenvalue weighted by atomic mass is 9.98. The molecular weight excluding hydrogens is 428 g/mol. The molecule has 1 aromatic carbocycles. The summed E-state index contributed by atoms with van der Waals surface area (Å²) >= 11 is 3.21. The van der Waals surface area contributed by atoms with E-state index in [9.17, 15) is 4.79 Å². The zero-order valence-electron chi connectivity index (χ0n) is 17.1. The van der Waals surface area contributed by atoms with Gasteiger partial charge in [0.1, 0.15) is 0 Å². The summed E-state index contributed by atoms with van der Waals surface area (Å²) in [7, 11) is 0. The second-order valence-electron chi connectivity index (χ2n) is 7.30. The van der Waals surface area contributed by atoms with Crippen molar-refractivity contribution in [2.75, 3.05) is 12.3 Å². The third-order valence-corrected chi connectivity index (χ3v) is 7.43. The number of furan rings is 1. The van der Waals surface area contributed by atoms with Crippen LogP contribution in [0.3, 0.4) is 0 Å². The van der Waals surface area contributed by atoms with Crippen LogP contribution in [0.4, 0.5) is 0 Å². The number of aromatic nitrogens is 3. The highest BCUT2D eigenvalue weighted by atomic mass is 32.2. The molecule has 0 bridgehead atoms. The van der Waals surface area contributed by atoms with Crippen molar-refractivity contribution >= 4 is 29.0 Å². The minimum atomic E-state index is 0.135. The van der Waals surface area contributed by atoms with Crippen molar-refractivity contribution in [3.8, 4) is 17.3 Å². The van der Waals surface area contributed by atoms with Crippen molar-refractivity contribution in [2.45, 2.75) is 31.0 Å². The predicted octanol–water partition coefficient (Wildman–Crippen LogP) is 5.22. The summed E-state index contributed by atoms with van der Waals surface area (Å²) in [5.41, 5.74) is 2.24. The maximum atomic E-state index is 13.2. The van der Waals surface area contributed by atoms with Crippen molar-refractivity contribution in [3.63, 3.8) is 0 Å². The maximum Gasteiger partial charge on any atom is 0.233 e. The molecule has 4 heterocycles. The second-order valence-corrected chi connectivity index (χ2v) is 9.25. The highest BCUT2D eigenvalue weighted by molar-refractivity contribution is 7.99. The third kappa shape index (κ3) is 3.81. The van der Waals surface area contributed by atoms with E-state index in [4.69, 9.17) is 4.42 Å². The zero-order chi connectivity index (χ0) is 21.2. The molecule has 1 aliphatic heterocycles. The molecule has 1 atom stereocenters. The number of para-hydroxylation sites is 1. The average Bonchev–Trinajstić information content (AvgIpc) is 3.57. The first-order chi connectivity index (χ1) is 15.3. The number of benzene rings is 1. The molecule has 0 aliphatic carbocycles. The lowest BCUT2D eigenvalue weighted by Crippen LogP contribution is -2.40. The van der Waals surface area contributed by atoms with Gasteiger partial charge in [-0.1, -0.05) is 36.9 Å². The predicted molar refractivity (Wildman–Crippen MR) is 123 cm³/mol. The van der Waals surface area contributed by atoms with Crippen LogP contribution in [-0.4, -0.2) is 37.9 Å². The molecule has 3 aromatic heterocycles. The molecule has 0 fully saturated rings. The van der Waals surface area contributed by atoms with Crippen molar-refractivity contribution in [3.05, 3.63) is 70.6 Å². The van der Waals surface area contributed by atoms with E-state index in [0.717, 1.165) is 25.1 Å². The summed E-state index contributed by atoms with van der Waals surface area (Å²) in [4.78, 5) is 16.6. The largest absolute Gasteiger partial charge is 0.461 e. The van der Waals surface area contributed by atoms with Gasteiger partial charge in [0, 0.05) is 17.1 Å². The third-order valence-electron chi connectivity index (χ3n) is 5.52. The Morgan fingerprint density at radius 3 is 2.84 bits per heavy atom. The van der Waals surface area contributed by atoms with E-state index >= 15 is 0 Å². The van der Waals surface area contributed by atoms with E-state index < -0.39 is 0 Å². The molecule has 1 amide bonds. The topological polar surface area (TPSA) is 64.2 Å². The van der Waals surface area contributed by atoms with Gasteiger partial charge in [0.05, 0.1) is 18.1 Å². The van der Waals surface area contributed by atoms with Gasteiger partial charge in [0.2, 0.25) is 11.7 Å². The molecule has 0 saturated carbocycles. The number of carbonyl (C=O) groups is 1. The van der Waals surface area contributed by atoms with Crippen LogP contribution in [-0.2, 0) is 11.2 Å². The molecule has 0 N–H and O–H groups in total. The number of nitrogens with zero attached hydrogens (tertiary/aromatic N) is 4. The van der Waals surface area contributed by atoms with Gasteiger partial charge in [0.25, 0.3) is 0 Å². The summed E-state index contributed by atoms with van der Waals surface area (Å²) in [6, 6.07) is 15.9. The van der Waals surface area contributed by atoms with Gasteiger partial charge in [-0.3, -0.25) is 9.36 Å². The number of fused-ring (bicyclic) bond motifs is 1. The molecule has 1 aliphatic rings. The van der Waals surface area contributed by atoms with Gasteiger partial charge in [-0.2, -0.15) is 0 Å². The van der Waals surface area contributed by atoms with Gasteiger partial charge in [-0.05, 0) is 54.1 Å². The minimum Gasteiger partial charge on any atom is -0.461 e. The molecule has 0 radical (unpaired) electrons. The SMILES string of the molecule is CCC1c2ccsc2CCN1C(=O)CSc1nnc(-c2ccco2)n1-c1ccccc1. The molecule has 0 saturated heterocycles. The molecule has 5 rings (SSSR count).